The topological polar surface area (TPSA) is 50.7 Å². The van der Waals surface area contributed by atoms with Crippen LogP contribution in [-0.2, 0) is 4.79 Å². The van der Waals surface area contributed by atoms with Gasteiger partial charge in [-0.1, -0.05) is 19.9 Å². The number of fused-ring (bicyclic) bond motifs is 2. The van der Waals surface area contributed by atoms with Crippen LogP contribution < -0.4 is 10.2 Å². The van der Waals surface area contributed by atoms with Gasteiger partial charge in [-0.2, -0.15) is 5.10 Å². The van der Waals surface area contributed by atoms with Crippen LogP contribution in [0, 0.1) is 31.1 Å². The van der Waals surface area contributed by atoms with E-state index in [0.29, 0.717) is 11.3 Å². The summed E-state index contributed by atoms with van der Waals surface area (Å²) in [4.78, 5) is 12.0. The minimum atomic E-state index is -0.197. The SMILES string of the molecule is Cc1cc(C)cc(OCC(=O)N/N=C2/C[C@H]3CC[C@H]2C3(C)C)c1. The highest BCUT2D eigenvalue weighted by molar-refractivity contribution is 5.92. The molecule has 0 radical (unpaired) electrons. The van der Waals surface area contributed by atoms with Crippen molar-refractivity contribution in [3.8, 4) is 5.75 Å². The van der Waals surface area contributed by atoms with Gasteiger partial charge in [0.05, 0.1) is 0 Å². The summed E-state index contributed by atoms with van der Waals surface area (Å²) >= 11 is 0. The summed E-state index contributed by atoms with van der Waals surface area (Å²) in [6, 6.07) is 5.95. The first-order chi connectivity index (χ1) is 10.9. The number of hydrazone groups is 1. The summed E-state index contributed by atoms with van der Waals surface area (Å²) in [5.41, 5.74) is 6.42. The van der Waals surface area contributed by atoms with Gasteiger partial charge in [0.25, 0.3) is 5.91 Å². The number of hydrogen-bond acceptors (Lipinski definition) is 3. The molecule has 2 saturated carbocycles. The normalized spacial score (nSPS) is 26.5. The van der Waals surface area contributed by atoms with E-state index < -0.39 is 0 Å². The van der Waals surface area contributed by atoms with E-state index in [1.54, 1.807) is 0 Å². The zero-order chi connectivity index (χ0) is 16.6. The van der Waals surface area contributed by atoms with Crippen molar-refractivity contribution in [1.82, 2.24) is 5.43 Å². The number of nitrogens with one attached hydrogen (secondary N) is 1. The average molecular weight is 314 g/mol. The lowest BCUT2D eigenvalue weighted by Gasteiger charge is -2.22. The van der Waals surface area contributed by atoms with Crippen molar-refractivity contribution in [2.24, 2.45) is 22.4 Å². The number of hydrogen-bond donors (Lipinski definition) is 1. The fraction of sp³-hybridized carbons (Fsp3) is 0.579. The van der Waals surface area contributed by atoms with E-state index in [1.165, 1.54) is 12.8 Å². The molecule has 1 aromatic rings. The maximum atomic E-state index is 12.0. The number of aryl methyl sites for hydroxylation is 2. The van der Waals surface area contributed by atoms with Crippen LogP contribution in [0.15, 0.2) is 23.3 Å². The molecular weight excluding hydrogens is 288 g/mol. The first-order valence-corrected chi connectivity index (χ1v) is 8.42. The van der Waals surface area contributed by atoms with Gasteiger partial charge in [-0.05, 0) is 67.7 Å². The van der Waals surface area contributed by atoms with E-state index in [9.17, 15) is 4.79 Å². The quantitative estimate of drug-likeness (QED) is 0.863. The van der Waals surface area contributed by atoms with E-state index in [2.05, 4.69) is 30.4 Å². The molecule has 0 spiro atoms. The van der Waals surface area contributed by atoms with Crippen molar-refractivity contribution in [2.45, 2.75) is 47.0 Å². The average Bonchev–Trinajstić information content (AvgIpc) is 2.89. The maximum absolute atomic E-state index is 12.0. The largest absolute Gasteiger partial charge is 0.484 e. The summed E-state index contributed by atoms with van der Waals surface area (Å²) in [5, 5.41) is 4.39. The number of ether oxygens (including phenoxy) is 1. The highest BCUT2D eigenvalue weighted by Gasteiger charge is 2.51. The Kier molecular flexibility index (Phi) is 4.17. The van der Waals surface area contributed by atoms with Crippen molar-refractivity contribution in [1.29, 1.82) is 0 Å². The van der Waals surface area contributed by atoms with Crippen LogP contribution in [-0.4, -0.2) is 18.2 Å². The molecular formula is C19H26N2O2. The Morgan fingerprint density at radius 3 is 2.52 bits per heavy atom. The monoisotopic (exact) mass is 314 g/mol. The third-order valence-electron chi connectivity index (χ3n) is 5.50. The molecule has 0 aliphatic heterocycles. The number of carbonyl (C=O) groups excluding carboxylic acids is 1. The summed E-state index contributed by atoms with van der Waals surface area (Å²) in [6.45, 7) is 8.68. The van der Waals surface area contributed by atoms with Crippen molar-refractivity contribution in [3.63, 3.8) is 0 Å². The Morgan fingerprint density at radius 1 is 1.26 bits per heavy atom. The molecule has 124 valence electrons. The van der Waals surface area contributed by atoms with Crippen LogP contribution in [0.1, 0.15) is 44.2 Å². The molecule has 1 amide bonds. The Balaban J connectivity index is 1.53. The van der Waals surface area contributed by atoms with Crippen LogP contribution >= 0.6 is 0 Å². The van der Waals surface area contributed by atoms with Crippen LogP contribution in [0.4, 0.5) is 0 Å². The van der Waals surface area contributed by atoms with Gasteiger partial charge in [0.2, 0.25) is 0 Å². The molecule has 2 aliphatic rings. The fourth-order valence-electron chi connectivity index (χ4n) is 4.21. The fourth-order valence-corrected chi connectivity index (χ4v) is 4.21. The molecule has 0 heterocycles. The second-order valence-corrected chi connectivity index (χ2v) is 7.60. The van der Waals surface area contributed by atoms with Crippen LogP contribution in [0.3, 0.4) is 0 Å². The lowest BCUT2D eigenvalue weighted by atomic mass is 9.82. The van der Waals surface area contributed by atoms with Gasteiger partial charge in [0.1, 0.15) is 5.75 Å². The predicted octanol–water partition coefficient (Wildman–Crippen LogP) is 3.61. The van der Waals surface area contributed by atoms with Gasteiger partial charge in [0.15, 0.2) is 6.61 Å². The van der Waals surface area contributed by atoms with Gasteiger partial charge >= 0.3 is 0 Å². The molecule has 2 aliphatic carbocycles. The zero-order valence-corrected chi connectivity index (χ0v) is 14.5. The van der Waals surface area contributed by atoms with Crippen molar-refractivity contribution in [3.05, 3.63) is 29.3 Å². The van der Waals surface area contributed by atoms with E-state index in [4.69, 9.17) is 4.74 Å². The summed E-state index contributed by atoms with van der Waals surface area (Å²) in [5.74, 6) is 1.77. The number of carbonyl (C=O) groups is 1. The number of nitrogens with zero attached hydrogens (tertiary/aromatic N) is 1. The molecule has 0 saturated heterocycles. The lowest BCUT2D eigenvalue weighted by molar-refractivity contribution is -0.123. The third kappa shape index (κ3) is 3.26. The van der Waals surface area contributed by atoms with E-state index in [0.717, 1.165) is 34.9 Å². The summed E-state index contributed by atoms with van der Waals surface area (Å²) < 4.78 is 5.57. The van der Waals surface area contributed by atoms with Crippen LogP contribution in [0.2, 0.25) is 0 Å². The van der Waals surface area contributed by atoms with Gasteiger partial charge < -0.3 is 4.74 Å². The first-order valence-electron chi connectivity index (χ1n) is 8.42. The standard InChI is InChI=1S/C19H26N2O2/c1-12-7-13(2)9-15(8-12)23-11-18(22)21-20-17-10-14-5-6-16(17)19(14,3)4/h7-9,14,16H,5-6,10-11H2,1-4H3,(H,21,22)/b20-17-/t14-,16-/m1/s1. The Labute approximate surface area is 138 Å². The molecule has 4 heteroatoms. The molecule has 2 bridgehead atoms. The molecule has 1 aromatic carbocycles. The number of benzene rings is 1. The highest BCUT2D eigenvalue weighted by Crippen LogP contribution is 2.55. The Bertz CT molecular complexity index is 629. The van der Waals surface area contributed by atoms with Crippen LogP contribution in [0.25, 0.3) is 0 Å². The Morgan fingerprint density at radius 2 is 1.96 bits per heavy atom. The molecule has 4 nitrogen and oxygen atoms in total. The maximum Gasteiger partial charge on any atom is 0.277 e. The van der Waals surface area contributed by atoms with Gasteiger partial charge in [0, 0.05) is 11.6 Å². The second kappa shape index (κ2) is 5.99. The Hall–Kier alpha value is -1.84. The second-order valence-electron chi connectivity index (χ2n) is 7.60. The highest BCUT2D eigenvalue weighted by atomic mass is 16.5. The van der Waals surface area contributed by atoms with E-state index >= 15 is 0 Å². The summed E-state index contributed by atoms with van der Waals surface area (Å²) in [7, 11) is 0. The smallest absolute Gasteiger partial charge is 0.277 e. The van der Waals surface area contributed by atoms with Crippen molar-refractivity contribution < 1.29 is 9.53 Å². The lowest BCUT2D eigenvalue weighted by Crippen LogP contribution is -2.27. The zero-order valence-electron chi connectivity index (χ0n) is 14.5. The number of rotatable bonds is 4. The molecule has 2 fully saturated rings. The van der Waals surface area contributed by atoms with Gasteiger partial charge in [-0.15, -0.1) is 0 Å². The van der Waals surface area contributed by atoms with Crippen molar-refractivity contribution >= 4 is 11.6 Å². The molecule has 0 unspecified atom stereocenters. The molecule has 0 aromatic heterocycles. The minimum absolute atomic E-state index is 0.00282. The molecule has 23 heavy (non-hydrogen) atoms. The summed E-state index contributed by atoms with van der Waals surface area (Å²) in [6.07, 6.45) is 3.52. The van der Waals surface area contributed by atoms with E-state index in [-0.39, 0.29) is 12.5 Å². The molecule has 1 N–H and O–H groups in total. The molecule has 3 rings (SSSR count). The third-order valence-corrected chi connectivity index (χ3v) is 5.50. The minimum Gasteiger partial charge on any atom is -0.484 e. The van der Waals surface area contributed by atoms with Gasteiger partial charge in [-0.3, -0.25) is 4.79 Å². The molecule has 2 atom stereocenters. The van der Waals surface area contributed by atoms with E-state index in [1.807, 2.05) is 26.0 Å². The van der Waals surface area contributed by atoms with Crippen molar-refractivity contribution in [2.75, 3.05) is 6.61 Å². The predicted molar refractivity (Wildman–Crippen MR) is 91.6 cm³/mol. The van der Waals surface area contributed by atoms with Crippen LogP contribution in [0.5, 0.6) is 5.75 Å². The first kappa shape index (κ1) is 16.0. The van der Waals surface area contributed by atoms with Gasteiger partial charge in [-0.25, -0.2) is 5.43 Å². The number of amides is 1.